The molecule has 2 saturated heterocycles. The summed E-state index contributed by atoms with van der Waals surface area (Å²) in [7, 11) is 0. The van der Waals surface area contributed by atoms with Crippen LogP contribution in [-0.2, 0) is 20.8 Å². The Morgan fingerprint density at radius 1 is 0.857 bits per heavy atom. The van der Waals surface area contributed by atoms with Crippen LogP contribution in [0.15, 0.2) is 48.5 Å². The van der Waals surface area contributed by atoms with Gasteiger partial charge in [-0.15, -0.1) is 0 Å². The maximum atomic E-state index is 12.4. The van der Waals surface area contributed by atoms with E-state index in [1.807, 2.05) is 48.5 Å². The fraction of sp³-hybridized carbons (Fsp3) is 0.318. The van der Waals surface area contributed by atoms with Gasteiger partial charge in [-0.05, 0) is 48.7 Å². The normalized spacial score (nSPS) is 16.7. The van der Waals surface area contributed by atoms with E-state index in [9.17, 15) is 14.4 Å². The lowest BCUT2D eigenvalue weighted by atomic mass is 10.1. The average Bonchev–Trinajstić information content (AvgIpc) is 3.31. The van der Waals surface area contributed by atoms with Crippen molar-refractivity contribution in [3.05, 3.63) is 54.1 Å². The molecule has 0 radical (unpaired) electrons. The zero-order valence-corrected chi connectivity index (χ0v) is 15.7. The molecule has 0 aromatic heterocycles. The fourth-order valence-corrected chi connectivity index (χ4v) is 3.78. The Balaban J connectivity index is 1.38. The number of nitrogens with zero attached hydrogens (tertiary/aromatic N) is 2. The summed E-state index contributed by atoms with van der Waals surface area (Å²) in [5.74, 6) is 0.164. The van der Waals surface area contributed by atoms with Gasteiger partial charge >= 0.3 is 0 Å². The minimum Gasteiger partial charge on any atom is -0.326 e. The highest BCUT2D eigenvalue weighted by molar-refractivity contribution is 5.97. The van der Waals surface area contributed by atoms with E-state index in [2.05, 4.69) is 5.32 Å². The molecule has 144 valence electrons. The Labute approximate surface area is 164 Å². The summed E-state index contributed by atoms with van der Waals surface area (Å²) in [4.78, 5) is 39.7. The molecular weight excluding hydrogens is 354 g/mol. The summed E-state index contributed by atoms with van der Waals surface area (Å²) in [5.41, 5.74) is 3.27. The summed E-state index contributed by atoms with van der Waals surface area (Å²) in [6.07, 6.45) is 3.20. The molecule has 0 unspecified atom stereocenters. The third kappa shape index (κ3) is 3.91. The molecule has 0 aliphatic carbocycles. The quantitative estimate of drug-likeness (QED) is 0.870. The van der Waals surface area contributed by atoms with Crippen molar-refractivity contribution >= 4 is 34.8 Å². The second-order valence-corrected chi connectivity index (χ2v) is 7.24. The third-order valence-corrected chi connectivity index (χ3v) is 5.20. The van der Waals surface area contributed by atoms with Gasteiger partial charge in [0.25, 0.3) is 0 Å². The highest BCUT2D eigenvalue weighted by Crippen LogP contribution is 2.25. The first kappa shape index (κ1) is 18.2. The second kappa shape index (κ2) is 7.84. The van der Waals surface area contributed by atoms with Crippen LogP contribution in [0.2, 0.25) is 0 Å². The van der Waals surface area contributed by atoms with E-state index in [0.29, 0.717) is 18.5 Å². The lowest BCUT2D eigenvalue weighted by Gasteiger charge is -2.17. The highest BCUT2D eigenvalue weighted by Gasteiger charge is 2.22. The number of hydrogen-bond acceptors (Lipinski definition) is 3. The maximum absolute atomic E-state index is 12.4. The van der Waals surface area contributed by atoms with Gasteiger partial charge < -0.3 is 15.1 Å². The van der Waals surface area contributed by atoms with E-state index in [1.54, 1.807) is 9.80 Å². The molecule has 2 aromatic rings. The third-order valence-electron chi connectivity index (χ3n) is 5.20. The number of nitrogens with one attached hydrogen (secondary N) is 1. The molecule has 4 rings (SSSR count). The summed E-state index contributed by atoms with van der Waals surface area (Å²) < 4.78 is 0. The van der Waals surface area contributed by atoms with E-state index in [1.165, 1.54) is 0 Å². The van der Waals surface area contributed by atoms with Crippen LogP contribution in [0.3, 0.4) is 0 Å². The molecule has 2 aromatic carbocycles. The zero-order chi connectivity index (χ0) is 19.5. The largest absolute Gasteiger partial charge is 0.326 e. The summed E-state index contributed by atoms with van der Waals surface area (Å²) in [6.45, 7) is 1.48. The summed E-state index contributed by atoms with van der Waals surface area (Å²) in [5, 5.41) is 2.90. The predicted molar refractivity (Wildman–Crippen MR) is 108 cm³/mol. The van der Waals surface area contributed by atoms with Crippen LogP contribution in [0.25, 0.3) is 0 Å². The fourth-order valence-electron chi connectivity index (χ4n) is 3.78. The zero-order valence-electron chi connectivity index (χ0n) is 15.7. The highest BCUT2D eigenvalue weighted by atomic mass is 16.2. The SMILES string of the molecule is O=C(Cc1ccc(N2CCCC2=O)cc1)Nc1cccc(N2CCCC2=O)c1. The standard InChI is InChI=1S/C22H23N3O3/c26-20(14-16-8-10-18(11-9-16)24-12-2-6-21(24)27)23-17-4-1-5-19(15-17)25-13-3-7-22(25)28/h1,4-5,8-11,15H,2-3,6-7,12-14H2,(H,23,26). The smallest absolute Gasteiger partial charge is 0.228 e. The number of hydrogen-bond donors (Lipinski definition) is 1. The number of benzene rings is 2. The molecule has 2 aliphatic heterocycles. The molecule has 0 spiro atoms. The number of rotatable bonds is 5. The van der Waals surface area contributed by atoms with Crippen LogP contribution in [0.5, 0.6) is 0 Å². The topological polar surface area (TPSA) is 69.7 Å². The van der Waals surface area contributed by atoms with E-state index >= 15 is 0 Å². The molecule has 0 bridgehead atoms. The predicted octanol–water partition coefficient (Wildman–Crippen LogP) is 3.12. The number of anilines is 3. The van der Waals surface area contributed by atoms with Crippen molar-refractivity contribution in [2.75, 3.05) is 28.2 Å². The number of carbonyl (C=O) groups is 3. The second-order valence-electron chi connectivity index (χ2n) is 7.24. The molecule has 1 N–H and O–H groups in total. The Hall–Kier alpha value is -3.15. The Morgan fingerprint density at radius 2 is 1.50 bits per heavy atom. The molecule has 2 heterocycles. The summed E-state index contributed by atoms with van der Waals surface area (Å²) in [6, 6.07) is 15.0. The van der Waals surface area contributed by atoms with Crippen molar-refractivity contribution in [2.45, 2.75) is 32.1 Å². The number of amides is 3. The maximum Gasteiger partial charge on any atom is 0.228 e. The van der Waals surface area contributed by atoms with Crippen molar-refractivity contribution < 1.29 is 14.4 Å². The average molecular weight is 377 g/mol. The van der Waals surface area contributed by atoms with Crippen molar-refractivity contribution in [1.82, 2.24) is 0 Å². The Bertz CT molecular complexity index is 907. The lowest BCUT2D eigenvalue weighted by molar-refractivity contribution is -0.117. The van der Waals surface area contributed by atoms with Crippen LogP contribution in [0, 0.1) is 0 Å². The van der Waals surface area contributed by atoms with Crippen LogP contribution in [0.4, 0.5) is 17.1 Å². The molecule has 6 nitrogen and oxygen atoms in total. The van der Waals surface area contributed by atoms with Gasteiger partial charge in [0.05, 0.1) is 6.42 Å². The molecule has 6 heteroatoms. The van der Waals surface area contributed by atoms with Crippen molar-refractivity contribution in [3.63, 3.8) is 0 Å². The van der Waals surface area contributed by atoms with E-state index in [0.717, 1.165) is 42.9 Å². The van der Waals surface area contributed by atoms with E-state index in [-0.39, 0.29) is 24.1 Å². The first-order valence-corrected chi connectivity index (χ1v) is 9.70. The molecule has 2 fully saturated rings. The van der Waals surface area contributed by atoms with Crippen LogP contribution >= 0.6 is 0 Å². The van der Waals surface area contributed by atoms with Gasteiger partial charge in [0.2, 0.25) is 17.7 Å². The number of carbonyl (C=O) groups excluding carboxylic acids is 3. The van der Waals surface area contributed by atoms with Crippen LogP contribution in [0.1, 0.15) is 31.2 Å². The monoisotopic (exact) mass is 377 g/mol. The first-order chi connectivity index (χ1) is 13.6. The van der Waals surface area contributed by atoms with Gasteiger partial charge in [0.1, 0.15) is 0 Å². The lowest BCUT2D eigenvalue weighted by Crippen LogP contribution is -2.24. The minimum absolute atomic E-state index is 0.116. The molecule has 0 saturated carbocycles. The van der Waals surface area contributed by atoms with Gasteiger partial charge in [0.15, 0.2) is 0 Å². The molecular formula is C22H23N3O3. The Morgan fingerprint density at radius 3 is 2.11 bits per heavy atom. The molecule has 3 amide bonds. The van der Waals surface area contributed by atoms with Crippen LogP contribution < -0.4 is 15.1 Å². The van der Waals surface area contributed by atoms with Gasteiger partial charge in [0, 0.05) is 43.0 Å². The minimum atomic E-state index is -0.116. The van der Waals surface area contributed by atoms with Gasteiger partial charge in [-0.1, -0.05) is 18.2 Å². The van der Waals surface area contributed by atoms with Crippen molar-refractivity contribution in [1.29, 1.82) is 0 Å². The van der Waals surface area contributed by atoms with Gasteiger partial charge in [-0.2, -0.15) is 0 Å². The summed E-state index contributed by atoms with van der Waals surface area (Å²) >= 11 is 0. The Kier molecular flexibility index (Phi) is 5.10. The van der Waals surface area contributed by atoms with Crippen molar-refractivity contribution in [2.24, 2.45) is 0 Å². The van der Waals surface area contributed by atoms with Gasteiger partial charge in [-0.25, -0.2) is 0 Å². The van der Waals surface area contributed by atoms with Gasteiger partial charge in [-0.3, -0.25) is 14.4 Å². The van der Waals surface area contributed by atoms with Crippen LogP contribution in [-0.4, -0.2) is 30.8 Å². The molecule has 0 atom stereocenters. The van der Waals surface area contributed by atoms with Crippen molar-refractivity contribution in [3.8, 4) is 0 Å². The molecule has 2 aliphatic rings. The first-order valence-electron chi connectivity index (χ1n) is 9.70. The van der Waals surface area contributed by atoms with E-state index < -0.39 is 0 Å². The molecule has 28 heavy (non-hydrogen) atoms. The van der Waals surface area contributed by atoms with E-state index in [4.69, 9.17) is 0 Å².